The van der Waals surface area contributed by atoms with Gasteiger partial charge in [0.05, 0.1) is 10.0 Å². The first kappa shape index (κ1) is 15.8. The number of hydrogen-bond donors (Lipinski definition) is 0. The van der Waals surface area contributed by atoms with E-state index < -0.39 is 0 Å². The van der Waals surface area contributed by atoms with Gasteiger partial charge in [0.2, 0.25) is 0 Å². The number of halogens is 2. The first-order valence-corrected chi connectivity index (χ1v) is 7.97. The molecule has 0 amide bonds. The van der Waals surface area contributed by atoms with Crippen molar-refractivity contribution in [3.63, 3.8) is 0 Å². The fraction of sp³-hybridized carbons (Fsp3) is 0.562. The fourth-order valence-electron chi connectivity index (χ4n) is 2.84. The Morgan fingerprint density at radius 2 is 2.10 bits per heavy atom. The van der Waals surface area contributed by atoms with Crippen molar-refractivity contribution in [3.05, 3.63) is 33.8 Å². The number of benzene rings is 1. The van der Waals surface area contributed by atoms with Gasteiger partial charge in [0.15, 0.2) is 5.78 Å². The zero-order valence-corrected chi connectivity index (χ0v) is 13.5. The van der Waals surface area contributed by atoms with Crippen molar-refractivity contribution in [2.75, 3.05) is 13.1 Å². The minimum absolute atomic E-state index is 0.0722. The van der Waals surface area contributed by atoms with E-state index in [9.17, 15) is 4.79 Å². The first-order chi connectivity index (χ1) is 9.50. The van der Waals surface area contributed by atoms with Crippen LogP contribution in [0.15, 0.2) is 18.2 Å². The van der Waals surface area contributed by atoms with Crippen molar-refractivity contribution < 1.29 is 4.79 Å². The molecule has 0 spiro atoms. The Balaban J connectivity index is 1.97. The van der Waals surface area contributed by atoms with Crippen LogP contribution in [-0.4, -0.2) is 29.8 Å². The lowest BCUT2D eigenvalue weighted by atomic mass is 9.92. The van der Waals surface area contributed by atoms with Gasteiger partial charge in [-0.25, -0.2) is 0 Å². The molecular formula is C16H21Cl2NO. The van der Waals surface area contributed by atoms with Crippen LogP contribution in [0.2, 0.25) is 10.0 Å². The number of carbonyl (C=O) groups is 1. The Morgan fingerprint density at radius 3 is 2.85 bits per heavy atom. The SMILES string of the molecule is CC1CCCN(CCC(=O)c2cccc(Cl)c2Cl)C1C. The van der Waals surface area contributed by atoms with Crippen LogP contribution >= 0.6 is 23.2 Å². The van der Waals surface area contributed by atoms with Gasteiger partial charge in [-0.2, -0.15) is 0 Å². The second-order valence-corrected chi connectivity index (χ2v) is 6.46. The molecule has 20 heavy (non-hydrogen) atoms. The summed E-state index contributed by atoms with van der Waals surface area (Å²) in [5, 5.41) is 0.816. The van der Waals surface area contributed by atoms with Crippen LogP contribution in [0.5, 0.6) is 0 Å². The Labute approximate surface area is 131 Å². The van der Waals surface area contributed by atoms with Crippen LogP contribution in [0.4, 0.5) is 0 Å². The van der Waals surface area contributed by atoms with E-state index >= 15 is 0 Å². The predicted octanol–water partition coefficient (Wildman–Crippen LogP) is 4.69. The van der Waals surface area contributed by atoms with Crippen LogP contribution < -0.4 is 0 Å². The number of likely N-dealkylation sites (tertiary alicyclic amines) is 1. The molecule has 2 unspecified atom stereocenters. The fourth-order valence-corrected chi connectivity index (χ4v) is 3.24. The Kier molecular flexibility index (Phi) is 5.48. The van der Waals surface area contributed by atoms with E-state index in [1.807, 2.05) is 0 Å². The molecule has 1 heterocycles. The summed E-state index contributed by atoms with van der Waals surface area (Å²) in [5.74, 6) is 0.775. The van der Waals surface area contributed by atoms with Gasteiger partial charge in [-0.05, 0) is 44.4 Å². The van der Waals surface area contributed by atoms with Crippen molar-refractivity contribution in [3.8, 4) is 0 Å². The van der Waals surface area contributed by atoms with Crippen molar-refractivity contribution in [1.29, 1.82) is 0 Å². The molecule has 110 valence electrons. The first-order valence-electron chi connectivity index (χ1n) is 7.22. The number of nitrogens with zero attached hydrogens (tertiary/aromatic N) is 1. The van der Waals surface area contributed by atoms with Gasteiger partial charge in [-0.3, -0.25) is 9.69 Å². The summed E-state index contributed by atoms with van der Waals surface area (Å²) in [6, 6.07) is 5.77. The van der Waals surface area contributed by atoms with Gasteiger partial charge in [-0.15, -0.1) is 0 Å². The van der Waals surface area contributed by atoms with E-state index in [-0.39, 0.29) is 5.78 Å². The highest BCUT2D eigenvalue weighted by atomic mass is 35.5. The largest absolute Gasteiger partial charge is 0.300 e. The van der Waals surface area contributed by atoms with Crippen molar-refractivity contribution in [2.24, 2.45) is 5.92 Å². The molecule has 0 N–H and O–H groups in total. The monoisotopic (exact) mass is 313 g/mol. The van der Waals surface area contributed by atoms with E-state index in [4.69, 9.17) is 23.2 Å². The predicted molar refractivity (Wildman–Crippen MR) is 84.8 cm³/mol. The number of rotatable bonds is 4. The molecule has 1 aromatic rings. The minimum atomic E-state index is 0.0722. The molecule has 0 aliphatic carbocycles. The third-order valence-electron chi connectivity index (χ3n) is 4.38. The Morgan fingerprint density at radius 1 is 1.35 bits per heavy atom. The highest BCUT2D eigenvalue weighted by Gasteiger charge is 2.25. The summed E-state index contributed by atoms with van der Waals surface area (Å²) in [5.41, 5.74) is 0.539. The molecule has 4 heteroatoms. The normalized spacial score (nSPS) is 23.8. The van der Waals surface area contributed by atoms with Crippen LogP contribution in [0, 0.1) is 5.92 Å². The summed E-state index contributed by atoms with van der Waals surface area (Å²) >= 11 is 12.0. The number of ketones is 1. The highest BCUT2D eigenvalue weighted by Crippen LogP contribution is 2.27. The lowest BCUT2D eigenvalue weighted by molar-refractivity contribution is 0.0878. The van der Waals surface area contributed by atoms with Crippen LogP contribution in [0.3, 0.4) is 0 Å². The Hall–Kier alpha value is -0.570. The third kappa shape index (κ3) is 3.55. The molecule has 0 saturated carbocycles. The smallest absolute Gasteiger partial charge is 0.165 e. The van der Waals surface area contributed by atoms with E-state index in [0.29, 0.717) is 34.0 Å². The van der Waals surface area contributed by atoms with E-state index in [2.05, 4.69) is 18.7 Å². The maximum absolute atomic E-state index is 12.3. The molecule has 1 fully saturated rings. The maximum Gasteiger partial charge on any atom is 0.165 e. The van der Waals surface area contributed by atoms with Crippen LogP contribution in [0.1, 0.15) is 43.5 Å². The third-order valence-corrected chi connectivity index (χ3v) is 5.20. The second-order valence-electron chi connectivity index (χ2n) is 5.67. The zero-order chi connectivity index (χ0) is 14.7. The highest BCUT2D eigenvalue weighted by molar-refractivity contribution is 6.43. The molecule has 2 nitrogen and oxygen atoms in total. The molecule has 2 rings (SSSR count). The van der Waals surface area contributed by atoms with Crippen molar-refractivity contribution in [2.45, 2.75) is 39.2 Å². The summed E-state index contributed by atoms with van der Waals surface area (Å²) < 4.78 is 0. The van der Waals surface area contributed by atoms with E-state index in [1.165, 1.54) is 12.8 Å². The molecule has 0 radical (unpaired) electrons. The molecule has 1 aromatic carbocycles. The van der Waals surface area contributed by atoms with Gasteiger partial charge in [0.25, 0.3) is 0 Å². The van der Waals surface area contributed by atoms with Gasteiger partial charge in [0, 0.05) is 24.6 Å². The second kappa shape index (κ2) is 6.93. The summed E-state index contributed by atoms with van der Waals surface area (Å²) in [4.78, 5) is 14.7. The number of piperidine rings is 1. The molecule has 1 aliphatic rings. The molecule has 1 aliphatic heterocycles. The lowest BCUT2D eigenvalue weighted by Gasteiger charge is -2.37. The minimum Gasteiger partial charge on any atom is -0.300 e. The summed E-state index contributed by atoms with van der Waals surface area (Å²) in [6.07, 6.45) is 3.00. The average Bonchev–Trinajstić information content (AvgIpc) is 2.43. The maximum atomic E-state index is 12.3. The average molecular weight is 314 g/mol. The lowest BCUT2D eigenvalue weighted by Crippen LogP contribution is -2.43. The molecule has 1 saturated heterocycles. The standard InChI is InChI=1S/C16H21Cl2NO/c1-11-5-4-9-19(12(11)2)10-8-15(20)13-6-3-7-14(17)16(13)18/h3,6-7,11-12H,4-5,8-10H2,1-2H3. The molecule has 2 atom stereocenters. The van der Waals surface area contributed by atoms with E-state index in [0.717, 1.165) is 13.1 Å². The van der Waals surface area contributed by atoms with Gasteiger partial charge in [-0.1, -0.05) is 36.2 Å². The summed E-state index contributed by atoms with van der Waals surface area (Å²) in [6.45, 7) is 6.42. The van der Waals surface area contributed by atoms with Gasteiger partial charge >= 0.3 is 0 Å². The number of hydrogen-bond acceptors (Lipinski definition) is 2. The Bertz CT molecular complexity index is 489. The molecular weight excluding hydrogens is 293 g/mol. The van der Waals surface area contributed by atoms with Crippen molar-refractivity contribution in [1.82, 2.24) is 4.90 Å². The van der Waals surface area contributed by atoms with Gasteiger partial charge in [0.1, 0.15) is 0 Å². The van der Waals surface area contributed by atoms with E-state index in [1.54, 1.807) is 18.2 Å². The quantitative estimate of drug-likeness (QED) is 0.752. The van der Waals surface area contributed by atoms with Crippen LogP contribution in [-0.2, 0) is 0 Å². The number of Topliss-reactive ketones (excluding diaryl/α,β-unsaturated/α-hetero) is 1. The van der Waals surface area contributed by atoms with Gasteiger partial charge < -0.3 is 0 Å². The van der Waals surface area contributed by atoms with Crippen molar-refractivity contribution >= 4 is 29.0 Å². The summed E-state index contributed by atoms with van der Waals surface area (Å²) in [7, 11) is 0. The number of carbonyl (C=O) groups excluding carboxylic acids is 1. The van der Waals surface area contributed by atoms with Crippen LogP contribution in [0.25, 0.3) is 0 Å². The topological polar surface area (TPSA) is 20.3 Å². The molecule has 0 aromatic heterocycles. The zero-order valence-electron chi connectivity index (χ0n) is 12.0. The molecule has 0 bridgehead atoms.